The zero-order valence-electron chi connectivity index (χ0n) is 12.2. The Hall–Kier alpha value is 0.100. The molecule has 19 heavy (non-hydrogen) atoms. The molecule has 1 atom stereocenters. The first kappa shape index (κ1) is 15.5. The van der Waals surface area contributed by atoms with E-state index in [9.17, 15) is 0 Å². The molecule has 1 aliphatic rings. The van der Waals surface area contributed by atoms with Crippen LogP contribution >= 0.6 is 27.3 Å². The maximum Gasteiger partial charge on any atom is 0.0342 e. The van der Waals surface area contributed by atoms with Gasteiger partial charge in [0.1, 0.15) is 0 Å². The van der Waals surface area contributed by atoms with Crippen molar-refractivity contribution in [3.8, 4) is 0 Å². The molecule has 0 saturated carbocycles. The average molecular weight is 345 g/mol. The molecule has 0 aromatic carbocycles. The summed E-state index contributed by atoms with van der Waals surface area (Å²) in [5, 5.41) is 5.84. The molecule has 0 bridgehead atoms. The number of rotatable bonds is 4. The first-order valence-corrected chi connectivity index (χ1v) is 8.84. The molecular weight excluding hydrogens is 320 g/mol. The fourth-order valence-corrected chi connectivity index (χ4v) is 4.05. The normalized spacial score (nSPS) is 21.8. The fourth-order valence-electron chi connectivity index (χ4n) is 2.55. The van der Waals surface area contributed by atoms with Gasteiger partial charge in [-0.1, -0.05) is 6.42 Å². The standard InChI is InChI=1S/C15H25BrN2S/c1-15(2,3)17-10-12-6-4-5-8-18(12)11-14-13(16)7-9-19-14/h7,9,12,17H,4-6,8,10-11H2,1-3H3. The Balaban J connectivity index is 1.94. The molecule has 1 aromatic rings. The monoisotopic (exact) mass is 344 g/mol. The molecular formula is C15H25BrN2S. The highest BCUT2D eigenvalue weighted by molar-refractivity contribution is 9.10. The van der Waals surface area contributed by atoms with Gasteiger partial charge < -0.3 is 5.32 Å². The summed E-state index contributed by atoms with van der Waals surface area (Å²) in [6.45, 7) is 10.2. The van der Waals surface area contributed by atoms with Crippen LogP contribution in [0.2, 0.25) is 0 Å². The number of nitrogens with zero attached hydrogens (tertiary/aromatic N) is 1. The Kier molecular flexibility index (Phi) is 5.46. The molecule has 2 heterocycles. The van der Waals surface area contributed by atoms with Gasteiger partial charge in [0, 0.05) is 34.0 Å². The van der Waals surface area contributed by atoms with Crippen molar-refractivity contribution in [2.75, 3.05) is 13.1 Å². The summed E-state index contributed by atoms with van der Waals surface area (Å²) in [6, 6.07) is 2.84. The molecule has 0 aliphatic carbocycles. The van der Waals surface area contributed by atoms with Crippen LogP contribution in [0.25, 0.3) is 0 Å². The predicted molar refractivity (Wildman–Crippen MR) is 87.8 cm³/mol. The van der Waals surface area contributed by atoms with E-state index in [0.717, 1.165) is 13.1 Å². The molecule has 4 heteroatoms. The van der Waals surface area contributed by atoms with Gasteiger partial charge in [-0.3, -0.25) is 4.90 Å². The van der Waals surface area contributed by atoms with Gasteiger partial charge >= 0.3 is 0 Å². The highest BCUT2D eigenvalue weighted by atomic mass is 79.9. The lowest BCUT2D eigenvalue weighted by atomic mass is 10.0. The minimum atomic E-state index is 0.215. The zero-order valence-corrected chi connectivity index (χ0v) is 14.6. The molecule has 1 aliphatic heterocycles. The van der Waals surface area contributed by atoms with Crippen molar-refractivity contribution in [2.45, 2.75) is 58.2 Å². The SMILES string of the molecule is CC(C)(C)NCC1CCCCN1Cc1sccc1Br. The van der Waals surface area contributed by atoms with Gasteiger partial charge in [-0.15, -0.1) is 11.3 Å². The van der Waals surface area contributed by atoms with Crippen molar-refractivity contribution in [3.63, 3.8) is 0 Å². The van der Waals surface area contributed by atoms with Crippen molar-refractivity contribution >= 4 is 27.3 Å². The number of hydrogen-bond donors (Lipinski definition) is 1. The Morgan fingerprint density at radius 2 is 2.21 bits per heavy atom. The molecule has 1 unspecified atom stereocenters. The summed E-state index contributed by atoms with van der Waals surface area (Å²) in [5.41, 5.74) is 0.215. The summed E-state index contributed by atoms with van der Waals surface area (Å²) in [5.74, 6) is 0. The van der Waals surface area contributed by atoms with E-state index in [1.165, 1.54) is 35.2 Å². The fraction of sp³-hybridized carbons (Fsp3) is 0.733. The van der Waals surface area contributed by atoms with E-state index in [-0.39, 0.29) is 5.54 Å². The Morgan fingerprint density at radius 1 is 1.42 bits per heavy atom. The second-order valence-corrected chi connectivity index (χ2v) is 8.30. The van der Waals surface area contributed by atoms with Crippen molar-refractivity contribution in [1.29, 1.82) is 0 Å². The van der Waals surface area contributed by atoms with Crippen LogP contribution in [0.1, 0.15) is 44.9 Å². The lowest BCUT2D eigenvalue weighted by Gasteiger charge is -2.37. The molecule has 2 rings (SSSR count). The number of hydrogen-bond acceptors (Lipinski definition) is 3. The van der Waals surface area contributed by atoms with E-state index in [2.05, 4.69) is 58.4 Å². The van der Waals surface area contributed by atoms with Crippen molar-refractivity contribution in [2.24, 2.45) is 0 Å². The van der Waals surface area contributed by atoms with Crippen molar-refractivity contribution in [3.05, 3.63) is 20.8 Å². The Bertz CT molecular complexity index is 397. The molecule has 1 N–H and O–H groups in total. The van der Waals surface area contributed by atoms with Gasteiger partial charge in [-0.25, -0.2) is 0 Å². The lowest BCUT2D eigenvalue weighted by Crippen LogP contribution is -2.49. The number of halogens is 1. The van der Waals surface area contributed by atoms with Gasteiger partial charge in [0.15, 0.2) is 0 Å². The minimum Gasteiger partial charge on any atom is -0.311 e. The van der Waals surface area contributed by atoms with E-state index in [1.807, 2.05) is 11.3 Å². The van der Waals surface area contributed by atoms with Crippen LogP contribution in [-0.2, 0) is 6.54 Å². The second-order valence-electron chi connectivity index (χ2n) is 6.44. The van der Waals surface area contributed by atoms with Crippen LogP contribution in [0.5, 0.6) is 0 Å². The summed E-state index contributed by atoms with van der Waals surface area (Å²) < 4.78 is 1.27. The van der Waals surface area contributed by atoms with Gasteiger partial charge in [-0.2, -0.15) is 0 Å². The van der Waals surface area contributed by atoms with Crippen LogP contribution in [0.4, 0.5) is 0 Å². The first-order valence-electron chi connectivity index (χ1n) is 7.17. The maximum absolute atomic E-state index is 3.67. The van der Waals surface area contributed by atoms with Crippen LogP contribution in [-0.4, -0.2) is 29.6 Å². The summed E-state index contributed by atoms with van der Waals surface area (Å²) in [4.78, 5) is 4.11. The molecule has 0 spiro atoms. The van der Waals surface area contributed by atoms with E-state index in [4.69, 9.17) is 0 Å². The van der Waals surface area contributed by atoms with Crippen molar-refractivity contribution < 1.29 is 0 Å². The third-order valence-corrected chi connectivity index (χ3v) is 5.57. The summed E-state index contributed by atoms with van der Waals surface area (Å²) >= 11 is 5.51. The third kappa shape index (κ3) is 4.85. The quantitative estimate of drug-likeness (QED) is 0.877. The van der Waals surface area contributed by atoms with Gasteiger partial charge in [-0.05, 0) is 67.5 Å². The molecule has 1 fully saturated rings. The maximum atomic E-state index is 3.67. The van der Waals surface area contributed by atoms with Gasteiger partial charge in [0.25, 0.3) is 0 Å². The number of nitrogens with one attached hydrogen (secondary N) is 1. The van der Waals surface area contributed by atoms with E-state index in [0.29, 0.717) is 6.04 Å². The Morgan fingerprint density at radius 3 is 2.84 bits per heavy atom. The molecule has 0 radical (unpaired) electrons. The largest absolute Gasteiger partial charge is 0.311 e. The first-order chi connectivity index (χ1) is 8.96. The molecule has 108 valence electrons. The number of likely N-dealkylation sites (tertiary alicyclic amines) is 1. The molecule has 2 nitrogen and oxygen atoms in total. The number of piperidine rings is 1. The van der Waals surface area contributed by atoms with E-state index in [1.54, 1.807) is 0 Å². The van der Waals surface area contributed by atoms with E-state index >= 15 is 0 Å². The van der Waals surface area contributed by atoms with Crippen LogP contribution in [0.15, 0.2) is 15.9 Å². The molecule has 1 saturated heterocycles. The summed E-state index contributed by atoms with van der Waals surface area (Å²) in [6.07, 6.45) is 4.04. The van der Waals surface area contributed by atoms with E-state index < -0.39 is 0 Å². The molecule has 0 amide bonds. The predicted octanol–water partition coefficient (Wildman–Crippen LogP) is 4.25. The topological polar surface area (TPSA) is 15.3 Å². The summed E-state index contributed by atoms with van der Waals surface area (Å²) in [7, 11) is 0. The van der Waals surface area contributed by atoms with Crippen LogP contribution < -0.4 is 5.32 Å². The molecule has 1 aromatic heterocycles. The third-order valence-electron chi connectivity index (χ3n) is 3.65. The average Bonchev–Trinajstić information content (AvgIpc) is 2.73. The van der Waals surface area contributed by atoms with Crippen LogP contribution in [0.3, 0.4) is 0 Å². The van der Waals surface area contributed by atoms with Gasteiger partial charge in [0.2, 0.25) is 0 Å². The highest BCUT2D eigenvalue weighted by Gasteiger charge is 2.24. The second kappa shape index (κ2) is 6.70. The highest BCUT2D eigenvalue weighted by Crippen LogP contribution is 2.27. The van der Waals surface area contributed by atoms with Crippen LogP contribution in [0, 0.1) is 0 Å². The Labute approximate surface area is 129 Å². The number of thiophene rings is 1. The smallest absolute Gasteiger partial charge is 0.0342 e. The van der Waals surface area contributed by atoms with Crippen molar-refractivity contribution in [1.82, 2.24) is 10.2 Å². The van der Waals surface area contributed by atoms with Gasteiger partial charge in [0.05, 0.1) is 0 Å². The zero-order chi connectivity index (χ0) is 13.9. The minimum absolute atomic E-state index is 0.215. The lowest BCUT2D eigenvalue weighted by molar-refractivity contribution is 0.132.